The van der Waals surface area contributed by atoms with Crippen molar-refractivity contribution >= 4 is 0 Å². The molecule has 1 aromatic rings. The van der Waals surface area contributed by atoms with E-state index in [9.17, 15) is 0 Å². The van der Waals surface area contributed by atoms with E-state index in [-0.39, 0.29) is 11.6 Å². The molecule has 1 N–H and O–H groups in total. The summed E-state index contributed by atoms with van der Waals surface area (Å²) in [5.74, 6) is 2.48. The summed E-state index contributed by atoms with van der Waals surface area (Å²) in [4.78, 5) is 6.82. The first-order chi connectivity index (χ1) is 8.85. The van der Waals surface area contributed by atoms with Gasteiger partial charge in [0.25, 0.3) is 0 Å². The first-order valence-electron chi connectivity index (χ1n) is 7.26. The highest BCUT2D eigenvalue weighted by Gasteiger charge is 2.29. The summed E-state index contributed by atoms with van der Waals surface area (Å²) in [7, 11) is 0. The van der Waals surface area contributed by atoms with Crippen molar-refractivity contribution in [1.29, 1.82) is 0 Å². The standard InChI is InChI=1S/C15H27N3O/c1-11-8-16-14(19-11)12(2)18-7-6-13(10-18)9-17-15(3,4)5/h8,12-13,17H,6-7,9-10H2,1-5H3. The number of oxazole rings is 1. The van der Waals surface area contributed by atoms with Crippen LogP contribution < -0.4 is 5.32 Å². The van der Waals surface area contributed by atoms with E-state index in [1.165, 1.54) is 6.42 Å². The summed E-state index contributed by atoms with van der Waals surface area (Å²) in [6.45, 7) is 14.2. The number of rotatable bonds is 4. The lowest BCUT2D eigenvalue weighted by molar-refractivity contribution is 0.213. The maximum atomic E-state index is 5.64. The Morgan fingerprint density at radius 3 is 2.84 bits per heavy atom. The van der Waals surface area contributed by atoms with E-state index in [4.69, 9.17) is 4.42 Å². The summed E-state index contributed by atoms with van der Waals surface area (Å²) >= 11 is 0. The zero-order valence-corrected chi connectivity index (χ0v) is 12.9. The van der Waals surface area contributed by atoms with Crippen molar-refractivity contribution in [2.24, 2.45) is 5.92 Å². The van der Waals surface area contributed by atoms with E-state index < -0.39 is 0 Å². The number of aromatic nitrogens is 1. The third-order valence-electron chi connectivity index (χ3n) is 3.78. The number of hydrogen-bond donors (Lipinski definition) is 1. The number of nitrogens with zero attached hydrogens (tertiary/aromatic N) is 2. The molecule has 2 unspecified atom stereocenters. The molecule has 0 spiro atoms. The molecule has 2 rings (SSSR count). The Kier molecular flexibility index (Phi) is 4.31. The highest BCUT2D eigenvalue weighted by Crippen LogP contribution is 2.27. The first kappa shape index (κ1) is 14.5. The minimum absolute atomic E-state index is 0.207. The van der Waals surface area contributed by atoms with Crippen molar-refractivity contribution in [3.8, 4) is 0 Å². The van der Waals surface area contributed by atoms with E-state index in [0.29, 0.717) is 0 Å². The summed E-state index contributed by atoms with van der Waals surface area (Å²) in [5, 5.41) is 3.60. The van der Waals surface area contributed by atoms with E-state index >= 15 is 0 Å². The first-order valence-corrected chi connectivity index (χ1v) is 7.26. The van der Waals surface area contributed by atoms with Gasteiger partial charge in [0, 0.05) is 12.1 Å². The van der Waals surface area contributed by atoms with Gasteiger partial charge in [0.1, 0.15) is 5.76 Å². The Morgan fingerprint density at radius 2 is 2.26 bits per heavy atom. The highest BCUT2D eigenvalue weighted by molar-refractivity contribution is 4.97. The van der Waals surface area contributed by atoms with Gasteiger partial charge in [0.15, 0.2) is 0 Å². The van der Waals surface area contributed by atoms with Crippen LogP contribution in [0, 0.1) is 12.8 Å². The van der Waals surface area contributed by atoms with Crippen LogP contribution in [-0.4, -0.2) is 35.1 Å². The SMILES string of the molecule is Cc1cnc(C(C)N2CCC(CNC(C)(C)C)C2)o1. The lowest BCUT2D eigenvalue weighted by Crippen LogP contribution is -2.39. The van der Waals surface area contributed by atoms with Crippen molar-refractivity contribution in [2.45, 2.75) is 52.6 Å². The molecule has 1 saturated heterocycles. The summed E-state index contributed by atoms with van der Waals surface area (Å²) in [6, 6.07) is 0.285. The van der Waals surface area contributed by atoms with Gasteiger partial charge in [0.2, 0.25) is 5.89 Å². The average molecular weight is 265 g/mol. The number of aryl methyl sites for hydroxylation is 1. The molecule has 1 fully saturated rings. The lowest BCUT2D eigenvalue weighted by Gasteiger charge is -2.24. The minimum Gasteiger partial charge on any atom is -0.444 e. The Hall–Kier alpha value is -0.870. The second-order valence-electron chi connectivity index (χ2n) is 6.77. The fourth-order valence-electron chi connectivity index (χ4n) is 2.55. The molecule has 19 heavy (non-hydrogen) atoms. The molecule has 0 saturated carbocycles. The molecule has 4 heteroatoms. The van der Waals surface area contributed by atoms with Crippen molar-refractivity contribution in [2.75, 3.05) is 19.6 Å². The predicted octanol–water partition coefficient (Wildman–Crippen LogP) is 2.75. The lowest BCUT2D eigenvalue weighted by atomic mass is 10.1. The number of nitrogens with one attached hydrogen (secondary N) is 1. The second kappa shape index (κ2) is 5.63. The zero-order chi connectivity index (χ0) is 14.0. The van der Waals surface area contributed by atoms with Crippen LogP contribution in [0.15, 0.2) is 10.6 Å². The molecular weight excluding hydrogens is 238 g/mol. The maximum Gasteiger partial charge on any atom is 0.211 e. The number of likely N-dealkylation sites (tertiary alicyclic amines) is 1. The van der Waals surface area contributed by atoms with Crippen LogP contribution in [0.3, 0.4) is 0 Å². The molecule has 0 amide bonds. The monoisotopic (exact) mass is 265 g/mol. The van der Waals surface area contributed by atoms with Crippen LogP contribution in [0.1, 0.15) is 51.8 Å². The van der Waals surface area contributed by atoms with E-state index in [1.807, 2.05) is 6.92 Å². The second-order valence-corrected chi connectivity index (χ2v) is 6.77. The fourth-order valence-corrected chi connectivity index (χ4v) is 2.55. The van der Waals surface area contributed by atoms with E-state index in [1.54, 1.807) is 6.20 Å². The Balaban J connectivity index is 1.84. The quantitative estimate of drug-likeness (QED) is 0.909. The van der Waals surface area contributed by atoms with E-state index in [0.717, 1.165) is 37.2 Å². The zero-order valence-electron chi connectivity index (χ0n) is 12.9. The molecule has 0 aromatic carbocycles. The molecule has 0 aliphatic carbocycles. The predicted molar refractivity (Wildman–Crippen MR) is 77.1 cm³/mol. The summed E-state index contributed by atoms with van der Waals surface area (Å²) < 4.78 is 5.64. The van der Waals surface area contributed by atoms with Crippen molar-refractivity contribution in [3.05, 3.63) is 17.8 Å². The molecule has 1 aliphatic heterocycles. The maximum absolute atomic E-state index is 5.64. The van der Waals surface area contributed by atoms with Crippen LogP contribution in [-0.2, 0) is 0 Å². The van der Waals surface area contributed by atoms with Gasteiger partial charge in [-0.3, -0.25) is 4.90 Å². The largest absolute Gasteiger partial charge is 0.444 e. The molecular formula is C15H27N3O. The van der Waals surface area contributed by atoms with Crippen molar-refractivity contribution < 1.29 is 4.42 Å². The Labute approximate surface area is 116 Å². The Bertz CT molecular complexity index is 408. The van der Waals surface area contributed by atoms with Gasteiger partial charge >= 0.3 is 0 Å². The molecule has 4 nitrogen and oxygen atoms in total. The van der Waals surface area contributed by atoms with Gasteiger partial charge < -0.3 is 9.73 Å². The van der Waals surface area contributed by atoms with Crippen LogP contribution >= 0.6 is 0 Å². The molecule has 2 atom stereocenters. The molecule has 1 aromatic heterocycles. The van der Waals surface area contributed by atoms with Gasteiger partial charge in [0.05, 0.1) is 12.2 Å². The molecule has 2 heterocycles. The van der Waals surface area contributed by atoms with Crippen molar-refractivity contribution in [1.82, 2.24) is 15.2 Å². The Morgan fingerprint density at radius 1 is 1.53 bits per heavy atom. The molecule has 1 aliphatic rings. The average Bonchev–Trinajstić information content (AvgIpc) is 2.93. The summed E-state index contributed by atoms with van der Waals surface area (Å²) in [6.07, 6.45) is 3.06. The van der Waals surface area contributed by atoms with Gasteiger partial charge in [-0.2, -0.15) is 0 Å². The van der Waals surface area contributed by atoms with Crippen LogP contribution in [0.2, 0.25) is 0 Å². The van der Waals surface area contributed by atoms with Gasteiger partial charge in [-0.15, -0.1) is 0 Å². The van der Waals surface area contributed by atoms with Crippen LogP contribution in [0.4, 0.5) is 0 Å². The highest BCUT2D eigenvalue weighted by atomic mass is 16.4. The summed E-state index contributed by atoms with van der Waals surface area (Å²) in [5.41, 5.74) is 0.207. The minimum atomic E-state index is 0.207. The third kappa shape index (κ3) is 4.05. The normalized spacial score (nSPS) is 22.9. The molecule has 0 radical (unpaired) electrons. The number of hydrogen-bond acceptors (Lipinski definition) is 4. The van der Waals surface area contributed by atoms with Crippen LogP contribution in [0.5, 0.6) is 0 Å². The van der Waals surface area contributed by atoms with Crippen LogP contribution in [0.25, 0.3) is 0 Å². The smallest absolute Gasteiger partial charge is 0.211 e. The molecule has 0 bridgehead atoms. The van der Waals surface area contributed by atoms with Gasteiger partial charge in [-0.05, 0) is 60.0 Å². The molecule has 108 valence electrons. The van der Waals surface area contributed by atoms with Gasteiger partial charge in [-0.1, -0.05) is 0 Å². The fraction of sp³-hybridized carbons (Fsp3) is 0.800. The third-order valence-corrected chi connectivity index (χ3v) is 3.78. The van der Waals surface area contributed by atoms with E-state index in [2.05, 4.69) is 42.9 Å². The van der Waals surface area contributed by atoms with Crippen molar-refractivity contribution in [3.63, 3.8) is 0 Å². The topological polar surface area (TPSA) is 41.3 Å². The van der Waals surface area contributed by atoms with Gasteiger partial charge in [-0.25, -0.2) is 4.98 Å².